The fourth-order valence-corrected chi connectivity index (χ4v) is 3.53. The van der Waals surface area contributed by atoms with Crippen LogP contribution >= 0.6 is 0 Å². The molecule has 0 N–H and O–H groups in total. The fourth-order valence-electron chi connectivity index (χ4n) is 2.33. The lowest BCUT2D eigenvalue weighted by Crippen LogP contribution is -2.11. The summed E-state index contributed by atoms with van der Waals surface area (Å²) in [5.41, 5.74) is 2.78. The summed E-state index contributed by atoms with van der Waals surface area (Å²) in [7, 11) is -0.702. The van der Waals surface area contributed by atoms with E-state index in [4.69, 9.17) is 9.16 Å². The lowest BCUT2D eigenvalue weighted by atomic mass is 10.0. The van der Waals surface area contributed by atoms with E-state index in [0.717, 1.165) is 12.5 Å². The molecule has 0 fully saturated rings. The summed E-state index contributed by atoms with van der Waals surface area (Å²) < 4.78 is 11.4. The average molecular weight is 340 g/mol. The Kier molecular flexibility index (Phi) is 7.46. The highest BCUT2D eigenvalue weighted by Gasteiger charge is 2.13. The molecule has 2 aromatic rings. The lowest BCUT2D eigenvalue weighted by Gasteiger charge is -2.19. The number of carbonyl (C=O) groups is 1. The predicted octanol–water partition coefficient (Wildman–Crippen LogP) is 3.80. The third-order valence-electron chi connectivity index (χ3n) is 3.61. The number of benzene rings is 2. The summed E-state index contributed by atoms with van der Waals surface area (Å²) in [5.74, 6) is -0.316. The molecular weight excluding hydrogens is 316 g/mol. The van der Waals surface area contributed by atoms with Crippen molar-refractivity contribution in [2.24, 2.45) is 0 Å². The van der Waals surface area contributed by atoms with Crippen LogP contribution < -0.4 is 0 Å². The summed E-state index contributed by atoms with van der Waals surface area (Å²) in [6.45, 7) is 5.66. The Hall–Kier alpha value is -2.17. The van der Waals surface area contributed by atoms with Gasteiger partial charge in [0.15, 0.2) is 9.76 Å². The molecule has 0 amide bonds. The van der Waals surface area contributed by atoms with Crippen LogP contribution in [-0.2, 0) is 14.0 Å². The van der Waals surface area contributed by atoms with Gasteiger partial charge in [0, 0.05) is 5.57 Å². The Bertz CT molecular complexity index is 601. The van der Waals surface area contributed by atoms with Crippen molar-refractivity contribution < 1.29 is 14.0 Å². The highest BCUT2D eigenvalue weighted by atomic mass is 28.2. The number of ether oxygens (including phenoxy) is 1. The first-order valence-corrected chi connectivity index (χ1v) is 9.80. The van der Waals surface area contributed by atoms with E-state index in [9.17, 15) is 4.79 Å². The zero-order valence-electron chi connectivity index (χ0n) is 14.1. The maximum atomic E-state index is 11.3. The molecule has 3 nitrogen and oxygen atoms in total. The summed E-state index contributed by atoms with van der Waals surface area (Å²) in [6, 6.07) is 21.5. The molecule has 0 aliphatic rings. The van der Waals surface area contributed by atoms with E-state index in [-0.39, 0.29) is 12.1 Å². The topological polar surface area (TPSA) is 35.5 Å². The number of hydrogen-bond donors (Lipinski definition) is 0. The van der Waals surface area contributed by atoms with Crippen LogP contribution in [0.25, 0.3) is 0 Å². The van der Waals surface area contributed by atoms with Crippen LogP contribution in [0, 0.1) is 0 Å². The van der Waals surface area contributed by atoms with Crippen molar-refractivity contribution in [3.63, 3.8) is 0 Å². The van der Waals surface area contributed by atoms with Crippen molar-refractivity contribution in [3.8, 4) is 0 Å². The first-order chi connectivity index (χ1) is 11.7. The Morgan fingerprint density at radius 2 is 1.58 bits per heavy atom. The summed E-state index contributed by atoms with van der Waals surface area (Å²) in [6.07, 6.45) is 0.818. The molecule has 0 radical (unpaired) electrons. The molecule has 0 heterocycles. The van der Waals surface area contributed by atoms with Crippen molar-refractivity contribution in [2.75, 3.05) is 6.61 Å². The second-order valence-electron chi connectivity index (χ2n) is 5.70. The van der Waals surface area contributed by atoms with Crippen LogP contribution in [0.5, 0.6) is 0 Å². The molecule has 0 atom stereocenters. The van der Waals surface area contributed by atoms with Gasteiger partial charge in [0.05, 0.1) is 12.7 Å². The zero-order valence-corrected chi connectivity index (χ0v) is 15.5. The van der Waals surface area contributed by atoms with Gasteiger partial charge in [-0.1, -0.05) is 67.2 Å². The largest absolute Gasteiger partial charge is 0.462 e. The van der Waals surface area contributed by atoms with E-state index >= 15 is 0 Å². The molecule has 0 bridgehead atoms. The molecular formula is C20H24O3Si. The van der Waals surface area contributed by atoms with Gasteiger partial charge >= 0.3 is 5.97 Å². The van der Waals surface area contributed by atoms with E-state index in [0.29, 0.717) is 12.2 Å². The minimum absolute atomic E-state index is 0.0166. The van der Waals surface area contributed by atoms with Gasteiger partial charge in [-0.3, -0.25) is 0 Å². The van der Waals surface area contributed by atoms with Gasteiger partial charge in [-0.25, -0.2) is 4.79 Å². The first kappa shape index (κ1) is 18.2. The average Bonchev–Trinajstić information content (AvgIpc) is 2.62. The summed E-state index contributed by atoms with van der Waals surface area (Å²) in [5, 5.41) is 0. The summed E-state index contributed by atoms with van der Waals surface area (Å²) >= 11 is 0. The van der Waals surface area contributed by atoms with E-state index < -0.39 is 9.76 Å². The Morgan fingerprint density at radius 1 is 1.04 bits per heavy atom. The molecule has 2 aromatic carbocycles. The molecule has 0 spiro atoms. The minimum atomic E-state index is -0.702. The molecule has 0 aromatic heterocycles. The number of esters is 1. The number of carbonyl (C=O) groups excluding carboxylic acids is 1. The molecule has 126 valence electrons. The standard InChI is InChI=1S/C20H24O3Si/c1-16(2)20(21)22-14-9-15-24-23-19(17-10-5-3-6-11-17)18-12-7-4-8-13-18/h3-8,10-13,19H,1,9,14-15,24H2,2H3. The Labute approximate surface area is 146 Å². The van der Waals surface area contributed by atoms with Crippen molar-refractivity contribution in [2.45, 2.75) is 25.5 Å². The maximum absolute atomic E-state index is 11.3. The SMILES string of the molecule is C=C(C)C(=O)OCCC[SiH2]OC(c1ccccc1)c1ccccc1. The van der Waals surface area contributed by atoms with Crippen LogP contribution in [-0.4, -0.2) is 22.3 Å². The number of rotatable bonds is 9. The first-order valence-electron chi connectivity index (χ1n) is 8.22. The van der Waals surface area contributed by atoms with Gasteiger partial charge < -0.3 is 9.16 Å². The van der Waals surface area contributed by atoms with Crippen LogP contribution in [0.3, 0.4) is 0 Å². The van der Waals surface area contributed by atoms with E-state index in [2.05, 4.69) is 30.8 Å². The van der Waals surface area contributed by atoms with Gasteiger partial charge in [0.1, 0.15) is 0 Å². The van der Waals surface area contributed by atoms with Crippen molar-refractivity contribution in [3.05, 3.63) is 83.9 Å². The van der Waals surface area contributed by atoms with Crippen LogP contribution in [0.1, 0.15) is 30.6 Å². The normalized spacial score (nSPS) is 11.1. The number of hydrogen-bond acceptors (Lipinski definition) is 3. The molecule has 0 saturated carbocycles. The lowest BCUT2D eigenvalue weighted by molar-refractivity contribution is -0.138. The molecule has 0 aliphatic carbocycles. The highest BCUT2D eigenvalue weighted by molar-refractivity contribution is 6.27. The van der Waals surface area contributed by atoms with Crippen molar-refractivity contribution >= 4 is 15.7 Å². The maximum Gasteiger partial charge on any atom is 0.333 e. The third-order valence-corrected chi connectivity index (χ3v) is 4.97. The fraction of sp³-hybridized carbons (Fsp3) is 0.250. The van der Waals surface area contributed by atoms with Crippen molar-refractivity contribution in [1.82, 2.24) is 0 Å². The summed E-state index contributed by atoms with van der Waals surface area (Å²) in [4.78, 5) is 11.3. The Morgan fingerprint density at radius 3 is 2.08 bits per heavy atom. The van der Waals surface area contributed by atoms with E-state index in [1.807, 2.05) is 36.4 Å². The molecule has 2 rings (SSSR count). The molecule has 24 heavy (non-hydrogen) atoms. The quantitative estimate of drug-likeness (QED) is 0.301. The Balaban J connectivity index is 1.84. The predicted molar refractivity (Wildman–Crippen MR) is 99.6 cm³/mol. The zero-order chi connectivity index (χ0) is 17.2. The van der Waals surface area contributed by atoms with Gasteiger partial charge in [-0.2, -0.15) is 0 Å². The van der Waals surface area contributed by atoms with Gasteiger partial charge in [0.25, 0.3) is 0 Å². The van der Waals surface area contributed by atoms with Gasteiger partial charge in [0.2, 0.25) is 0 Å². The second-order valence-corrected chi connectivity index (χ2v) is 7.14. The van der Waals surface area contributed by atoms with E-state index in [1.165, 1.54) is 11.1 Å². The second kappa shape index (κ2) is 9.85. The third kappa shape index (κ3) is 5.79. The van der Waals surface area contributed by atoms with Crippen LogP contribution in [0.4, 0.5) is 0 Å². The van der Waals surface area contributed by atoms with Gasteiger partial charge in [-0.15, -0.1) is 0 Å². The monoisotopic (exact) mass is 340 g/mol. The van der Waals surface area contributed by atoms with Gasteiger partial charge in [-0.05, 0) is 30.5 Å². The van der Waals surface area contributed by atoms with E-state index in [1.54, 1.807) is 6.92 Å². The molecule has 0 unspecified atom stereocenters. The molecule has 0 aliphatic heterocycles. The van der Waals surface area contributed by atoms with Crippen LogP contribution in [0.2, 0.25) is 6.04 Å². The molecule has 4 heteroatoms. The minimum Gasteiger partial charge on any atom is -0.462 e. The smallest absolute Gasteiger partial charge is 0.333 e. The van der Waals surface area contributed by atoms with Crippen molar-refractivity contribution in [1.29, 1.82) is 0 Å². The highest BCUT2D eigenvalue weighted by Crippen LogP contribution is 2.25. The van der Waals surface area contributed by atoms with Crippen LogP contribution in [0.15, 0.2) is 72.8 Å². The molecule has 0 saturated heterocycles.